The van der Waals surface area contributed by atoms with Crippen LogP contribution in [-0.2, 0) is 6.42 Å². The van der Waals surface area contributed by atoms with Gasteiger partial charge in [-0.1, -0.05) is 41.9 Å². The summed E-state index contributed by atoms with van der Waals surface area (Å²) in [6.45, 7) is 7.15. The SMILES string of the molecule is CCN(c1ccccc1C)c1c(Cl)cccc1CC(C)N. The van der Waals surface area contributed by atoms with Crippen molar-refractivity contribution >= 4 is 23.0 Å². The summed E-state index contributed by atoms with van der Waals surface area (Å²) in [5, 5.41) is 0.776. The molecule has 2 aromatic rings. The number of aryl methyl sites for hydroxylation is 1. The summed E-state index contributed by atoms with van der Waals surface area (Å²) in [6.07, 6.45) is 0.818. The van der Waals surface area contributed by atoms with Crippen LogP contribution in [0.1, 0.15) is 25.0 Å². The zero-order chi connectivity index (χ0) is 15.4. The molecule has 1 atom stereocenters. The fourth-order valence-corrected chi connectivity index (χ4v) is 2.99. The minimum Gasteiger partial charge on any atom is -0.340 e. The van der Waals surface area contributed by atoms with Gasteiger partial charge in [0.1, 0.15) is 0 Å². The van der Waals surface area contributed by atoms with Crippen molar-refractivity contribution in [1.82, 2.24) is 0 Å². The summed E-state index contributed by atoms with van der Waals surface area (Å²) < 4.78 is 0. The monoisotopic (exact) mass is 302 g/mol. The molecule has 0 fully saturated rings. The lowest BCUT2D eigenvalue weighted by Crippen LogP contribution is -2.23. The Kier molecular flexibility index (Phi) is 5.27. The number of para-hydroxylation sites is 2. The van der Waals surface area contributed by atoms with E-state index in [1.165, 1.54) is 16.8 Å². The van der Waals surface area contributed by atoms with Crippen molar-refractivity contribution < 1.29 is 0 Å². The molecule has 2 N–H and O–H groups in total. The standard InChI is InChI=1S/C18H23ClN2/c1-4-21(17-11-6-5-8-13(17)2)18-15(12-14(3)20)9-7-10-16(18)19/h5-11,14H,4,12,20H2,1-3H3. The van der Waals surface area contributed by atoms with E-state index in [1.807, 2.05) is 19.1 Å². The van der Waals surface area contributed by atoms with E-state index in [-0.39, 0.29) is 6.04 Å². The Hall–Kier alpha value is -1.51. The average Bonchev–Trinajstić information content (AvgIpc) is 2.43. The molecule has 2 nitrogen and oxygen atoms in total. The lowest BCUT2D eigenvalue weighted by Gasteiger charge is -2.29. The largest absolute Gasteiger partial charge is 0.340 e. The highest BCUT2D eigenvalue weighted by Crippen LogP contribution is 2.36. The van der Waals surface area contributed by atoms with E-state index in [0.717, 1.165) is 23.7 Å². The molecule has 0 spiro atoms. The quantitative estimate of drug-likeness (QED) is 0.867. The van der Waals surface area contributed by atoms with Gasteiger partial charge in [0.15, 0.2) is 0 Å². The van der Waals surface area contributed by atoms with Crippen molar-refractivity contribution in [2.45, 2.75) is 33.2 Å². The number of nitrogens with two attached hydrogens (primary N) is 1. The van der Waals surface area contributed by atoms with Crippen LogP contribution in [0.4, 0.5) is 11.4 Å². The summed E-state index contributed by atoms with van der Waals surface area (Å²) in [5.74, 6) is 0. The molecule has 0 saturated carbocycles. The lowest BCUT2D eigenvalue weighted by molar-refractivity contribution is 0.736. The van der Waals surface area contributed by atoms with Crippen molar-refractivity contribution in [1.29, 1.82) is 0 Å². The summed E-state index contributed by atoms with van der Waals surface area (Å²) in [6, 6.07) is 14.5. The van der Waals surface area contributed by atoms with Gasteiger partial charge in [0, 0.05) is 18.3 Å². The smallest absolute Gasteiger partial charge is 0.0645 e. The maximum absolute atomic E-state index is 6.51. The molecule has 0 aliphatic heterocycles. The number of rotatable bonds is 5. The van der Waals surface area contributed by atoms with Gasteiger partial charge in [-0.15, -0.1) is 0 Å². The van der Waals surface area contributed by atoms with Crippen molar-refractivity contribution in [3.05, 3.63) is 58.6 Å². The van der Waals surface area contributed by atoms with Crippen LogP contribution in [0, 0.1) is 6.92 Å². The predicted molar refractivity (Wildman–Crippen MR) is 92.7 cm³/mol. The fraction of sp³-hybridized carbons (Fsp3) is 0.333. The van der Waals surface area contributed by atoms with Crippen molar-refractivity contribution in [3.8, 4) is 0 Å². The molecule has 0 aliphatic rings. The van der Waals surface area contributed by atoms with Gasteiger partial charge in [0.2, 0.25) is 0 Å². The molecule has 0 bridgehead atoms. The molecular weight excluding hydrogens is 280 g/mol. The second kappa shape index (κ2) is 6.97. The van der Waals surface area contributed by atoms with Crippen molar-refractivity contribution in [3.63, 3.8) is 0 Å². The van der Waals surface area contributed by atoms with Gasteiger partial charge in [-0.2, -0.15) is 0 Å². The number of nitrogens with zero attached hydrogens (tertiary/aromatic N) is 1. The first kappa shape index (κ1) is 15.9. The Balaban J connectivity index is 2.54. The highest BCUT2D eigenvalue weighted by molar-refractivity contribution is 6.33. The third kappa shape index (κ3) is 3.58. The second-order valence-electron chi connectivity index (χ2n) is 5.46. The highest BCUT2D eigenvalue weighted by Gasteiger charge is 2.17. The lowest BCUT2D eigenvalue weighted by atomic mass is 10.0. The summed E-state index contributed by atoms with van der Waals surface area (Å²) in [4.78, 5) is 2.27. The maximum Gasteiger partial charge on any atom is 0.0645 e. The van der Waals surface area contributed by atoms with Crippen molar-refractivity contribution in [2.75, 3.05) is 11.4 Å². The molecule has 0 amide bonds. The predicted octanol–water partition coefficient (Wildman–Crippen LogP) is 4.70. The molecule has 0 saturated heterocycles. The van der Waals surface area contributed by atoms with E-state index in [1.54, 1.807) is 0 Å². The molecule has 3 heteroatoms. The zero-order valence-electron chi connectivity index (χ0n) is 12.9. The van der Waals surface area contributed by atoms with Crippen LogP contribution in [0.2, 0.25) is 5.02 Å². The Morgan fingerprint density at radius 3 is 2.48 bits per heavy atom. The van der Waals surface area contributed by atoms with Crippen LogP contribution in [0.3, 0.4) is 0 Å². The van der Waals surface area contributed by atoms with E-state index < -0.39 is 0 Å². The Morgan fingerprint density at radius 1 is 1.14 bits per heavy atom. The third-order valence-electron chi connectivity index (χ3n) is 3.60. The van der Waals surface area contributed by atoms with Crippen LogP contribution >= 0.6 is 11.6 Å². The summed E-state index contributed by atoms with van der Waals surface area (Å²) in [5.41, 5.74) is 10.7. The first-order valence-corrected chi connectivity index (χ1v) is 7.78. The van der Waals surface area contributed by atoms with Crippen LogP contribution in [0.5, 0.6) is 0 Å². The normalized spacial score (nSPS) is 12.2. The van der Waals surface area contributed by atoms with Gasteiger partial charge < -0.3 is 10.6 Å². The maximum atomic E-state index is 6.51. The molecule has 1 unspecified atom stereocenters. The molecule has 0 aromatic heterocycles. The van der Waals surface area contributed by atoms with Crippen LogP contribution in [0.15, 0.2) is 42.5 Å². The molecule has 2 aromatic carbocycles. The highest BCUT2D eigenvalue weighted by atomic mass is 35.5. The molecule has 0 heterocycles. The van der Waals surface area contributed by atoms with Gasteiger partial charge in [-0.25, -0.2) is 0 Å². The zero-order valence-corrected chi connectivity index (χ0v) is 13.7. The average molecular weight is 303 g/mol. The molecule has 112 valence electrons. The number of halogens is 1. The Labute approximate surface area is 132 Å². The number of benzene rings is 2. The minimum absolute atomic E-state index is 0.109. The topological polar surface area (TPSA) is 29.3 Å². The molecular formula is C18H23ClN2. The van der Waals surface area contributed by atoms with E-state index in [0.29, 0.717) is 0 Å². The number of hydrogen-bond acceptors (Lipinski definition) is 2. The summed E-state index contributed by atoms with van der Waals surface area (Å²) in [7, 11) is 0. The Bertz CT molecular complexity index is 608. The van der Waals surface area contributed by atoms with Gasteiger partial charge in [0.05, 0.1) is 10.7 Å². The first-order chi connectivity index (χ1) is 10.0. The number of anilines is 2. The third-order valence-corrected chi connectivity index (χ3v) is 3.91. The minimum atomic E-state index is 0.109. The molecule has 0 radical (unpaired) electrons. The summed E-state index contributed by atoms with van der Waals surface area (Å²) >= 11 is 6.51. The van der Waals surface area contributed by atoms with Crippen LogP contribution in [-0.4, -0.2) is 12.6 Å². The van der Waals surface area contributed by atoms with Gasteiger partial charge in [0.25, 0.3) is 0 Å². The van der Waals surface area contributed by atoms with E-state index in [2.05, 4.69) is 49.1 Å². The van der Waals surface area contributed by atoms with Crippen LogP contribution < -0.4 is 10.6 Å². The molecule has 0 aliphatic carbocycles. The van der Waals surface area contributed by atoms with E-state index >= 15 is 0 Å². The molecule has 21 heavy (non-hydrogen) atoms. The van der Waals surface area contributed by atoms with E-state index in [9.17, 15) is 0 Å². The van der Waals surface area contributed by atoms with Gasteiger partial charge >= 0.3 is 0 Å². The fourth-order valence-electron chi connectivity index (χ4n) is 2.69. The Morgan fingerprint density at radius 2 is 1.86 bits per heavy atom. The number of hydrogen-bond donors (Lipinski definition) is 1. The van der Waals surface area contributed by atoms with Gasteiger partial charge in [-0.05, 0) is 50.5 Å². The second-order valence-corrected chi connectivity index (χ2v) is 5.87. The van der Waals surface area contributed by atoms with Crippen molar-refractivity contribution in [2.24, 2.45) is 5.73 Å². The van der Waals surface area contributed by atoms with Gasteiger partial charge in [-0.3, -0.25) is 0 Å². The van der Waals surface area contributed by atoms with Crippen LogP contribution in [0.25, 0.3) is 0 Å². The van der Waals surface area contributed by atoms with E-state index in [4.69, 9.17) is 17.3 Å². The first-order valence-electron chi connectivity index (χ1n) is 7.40. The molecule has 2 rings (SSSR count).